The Hall–Kier alpha value is -2.94. The summed E-state index contributed by atoms with van der Waals surface area (Å²) in [5.41, 5.74) is 4.68. The van der Waals surface area contributed by atoms with Gasteiger partial charge in [0.15, 0.2) is 0 Å². The minimum atomic E-state index is 0.779. The molecule has 0 spiro atoms. The minimum Gasteiger partial charge on any atom is -0.360 e. The van der Waals surface area contributed by atoms with Gasteiger partial charge < -0.3 is 4.52 Å². The topological polar surface area (TPSA) is 38.9 Å². The van der Waals surface area contributed by atoms with Gasteiger partial charge in [0.25, 0.3) is 0 Å². The van der Waals surface area contributed by atoms with Crippen LogP contribution in [0.4, 0.5) is 0 Å². The third kappa shape index (κ3) is 2.07. The van der Waals surface area contributed by atoms with Gasteiger partial charge in [0, 0.05) is 10.9 Å². The summed E-state index contributed by atoms with van der Waals surface area (Å²) in [5.74, 6) is 0.779. The lowest BCUT2D eigenvalue weighted by molar-refractivity contribution is 0.400. The Balaban J connectivity index is 1.93. The summed E-state index contributed by atoms with van der Waals surface area (Å²) in [5, 5.41) is 5.35. The molecule has 0 amide bonds. The molecule has 22 heavy (non-hydrogen) atoms. The predicted molar refractivity (Wildman–Crippen MR) is 87.4 cm³/mol. The third-order valence-corrected chi connectivity index (χ3v) is 3.76. The summed E-state index contributed by atoms with van der Waals surface area (Å²) in [6.07, 6.45) is 0. The second-order valence-corrected chi connectivity index (χ2v) is 5.22. The zero-order valence-electron chi connectivity index (χ0n) is 12.2. The van der Waals surface area contributed by atoms with Gasteiger partial charge in [-0.15, -0.1) is 0 Å². The molecule has 2 heterocycles. The normalized spacial score (nSPS) is 11.0. The van der Waals surface area contributed by atoms with Gasteiger partial charge in [0.1, 0.15) is 11.5 Å². The van der Waals surface area contributed by atoms with Crippen molar-refractivity contribution in [3.63, 3.8) is 0 Å². The average molecular weight is 286 g/mol. The number of pyridine rings is 1. The fourth-order valence-corrected chi connectivity index (χ4v) is 2.67. The average Bonchev–Trinajstić information content (AvgIpc) is 2.97. The van der Waals surface area contributed by atoms with Crippen molar-refractivity contribution >= 4 is 10.9 Å². The molecule has 0 atom stereocenters. The molecule has 2 aromatic carbocycles. The molecule has 0 saturated carbocycles. The van der Waals surface area contributed by atoms with Crippen molar-refractivity contribution in [2.45, 2.75) is 6.92 Å². The minimum absolute atomic E-state index is 0.779. The van der Waals surface area contributed by atoms with Crippen LogP contribution < -0.4 is 0 Å². The van der Waals surface area contributed by atoms with Crippen LogP contribution in [0.2, 0.25) is 0 Å². The second-order valence-electron chi connectivity index (χ2n) is 5.22. The van der Waals surface area contributed by atoms with Crippen LogP contribution in [0.25, 0.3) is 33.4 Å². The van der Waals surface area contributed by atoms with Crippen molar-refractivity contribution in [3.05, 3.63) is 72.5 Å². The molecule has 3 nitrogen and oxygen atoms in total. The fourth-order valence-electron chi connectivity index (χ4n) is 2.67. The van der Waals surface area contributed by atoms with E-state index in [0.29, 0.717) is 0 Å². The molecular weight excluding hydrogens is 272 g/mol. The summed E-state index contributed by atoms with van der Waals surface area (Å²) in [4.78, 5) is 4.76. The van der Waals surface area contributed by atoms with E-state index in [4.69, 9.17) is 9.51 Å². The molecule has 0 radical (unpaired) electrons. The summed E-state index contributed by atoms with van der Waals surface area (Å²) >= 11 is 0. The smallest absolute Gasteiger partial charge is 0.143 e. The fraction of sp³-hybridized carbons (Fsp3) is 0.0526. The van der Waals surface area contributed by atoms with E-state index in [9.17, 15) is 0 Å². The van der Waals surface area contributed by atoms with E-state index in [0.717, 1.165) is 39.2 Å². The van der Waals surface area contributed by atoms with Gasteiger partial charge in [-0.05, 0) is 19.1 Å². The van der Waals surface area contributed by atoms with E-state index < -0.39 is 0 Å². The lowest BCUT2D eigenvalue weighted by atomic mass is 10.0. The van der Waals surface area contributed by atoms with Gasteiger partial charge >= 0.3 is 0 Å². The van der Waals surface area contributed by atoms with Crippen molar-refractivity contribution in [2.24, 2.45) is 0 Å². The monoisotopic (exact) mass is 286 g/mol. The number of aromatic nitrogens is 2. The highest BCUT2D eigenvalue weighted by atomic mass is 16.5. The van der Waals surface area contributed by atoms with Crippen molar-refractivity contribution in [3.8, 4) is 22.5 Å². The van der Waals surface area contributed by atoms with Crippen LogP contribution in [0.15, 0.2) is 71.3 Å². The first kappa shape index (κ1) is 12.8. The quantitative estimate of drug-likeness (QED) is 0.528. The predicted octanol–water partition coefficient (Wildman–Crippen LogP) is 4.87. The number of nitrogens with zero attached hydrogens (tertiary/aromatic N) is 2. The van der Waals surface area contributed by atoms with Gasteiger partial charge in [-0.2, -0.15) is 0 Å². The van der Waals surface area contributed by atoms with Crippen LogP contribution in [0.5, 0.6) is 0 Å². The largest absolute Gasteiger partial charge is 0.360 e. The number of fused-ring (bicyclic) bond motifs is 1. The summed E-state index contributed by atoms with van der Waals surface area (Å²) in [7, 11) is 0. The molecule has 4 rings (SSSR count). The summed E-state index contributed by atoms with van der Waals surface area (Å²) in [6.45, 7) is 1.92. The standard InChI is InChI=1S/C19H14N2O/c1-13-18(19(21-22-13)15-8-3-2-4-9-15)17-12-11-14-7-5-6-10-16(14)20-17/h2-12H,1H3. The van der Waals surface area contributed by atoms with E-state index in [1.54, 1.807) is 0 Å². The van der Waals surface area contributed by atoms with E-state index in [1.165, 1.54) is 0 Å². The Bertz CT molecular complexity index is 942. The Morgan fingerprint density at radius 1 is 0.818 bits per heavy atom. The van der Waals surface area contributed by atoms with Crippen LogP contribution in [0, 0.1) is 6.92 Å². The number of aryl methyl sites for hydroxylation is 1. The van der Waals surface area contributed by atoms with Crippen molar-refractivity contribution in [1.29, 1.82) is 0 Å². The SMILES string of the molecule is Cc1onc(-c2ccccc2)c1-c1ccc2ccccc2n1. The molecule has 0 aliphatic heterocycles. The van der Waals surface area contributed by atoms with Crippen LogP contribution >= 0.6 is 0 Å². The molecule has 0 unspecified atom stereocenters. The molecule has 4 aromatic rings. The maximum Gasteiger partial charge on any atom is 0.143 e. The van der Waals surface area contributed by atoms with Crippen molar-refractivity contribution < 1.29 is 4.52 Å². The van der Waals surface area contributed by atoms with Gasteiger partial charge in [0.2, 0.25) is 0 Å². The number of rotatable bonds is 2. The molecule has 3 heteroatoms. The second kappa shape index (κ2) is 5.11. The zero-order valence-corrected chi connectivity index (χ0v) is 12.2. The van der Waals surface area contributed by atoms with Gasteiger partial charge in [-0.1, -0.05) is 59.8 Å². The van der Waals surface area contributed by atoms with E-state index in [2.05, 4.69) is 17.3 Å². The van der Waals surface area contributed by atoms with Crippen LogP contribution in [-0.2, 0) is 0 Å². The van der Waals surface area contributed by atoms with E-state index in [1.807, 2.05) is 61.5 Å². The van der Waals surface area contributed by atoms with Crippen LogP contribution in [0.1, 0.15) is 5.76 Å². The van der Waals surface area contributed by atoms with Gasteiger partial charge in [-0.3, -0.25) is 0 Å². The third-order valence-electron chi connectivity index (χ3n) is 3.76. The lowest BCUT2D eigenvalue weighted by Crippen LogP contribution is -1.88. The molecule has 0 aliphatic carbocycles. The Morgan fingerprint density at radius 2 is 1.59 bits per heavy atom. The highest BCUT2D eigenvalue weighted by molar-refractivity contribution is 5.85. The Kier molecular flexibility index (Phi) is 2.97. The highest BCUT2D eigenvalue weighted by Gasteiger charge is 2.17. The lowest BCUT2D eigenvalue weighted by Gasteiger charge is -2.04. The van der Waals surface area contributed by atoms with E-state index >= 15 is 0 Å². The first-order chi connectivity index (χ1) is 10.8. The summed E-state index contributed by atoms with van der Waals surface area (Å²) in [6, 6.07) is 22.2. The molecule has 0 bridgehead atoms. The maximum absolute atomic E-state index is 5.43. The highest BCUT2D eigenvalue weighted by Crippen LogP contribution is 2.33. The first-order valence-corrected chi connectivity index (χ1v) is 7.21. The van der Waals surface area contributed by atoms with E-state index in [-0.39, 0.29) is 0 Å². The Labute approximate surface area is 128 Å². The molecule has 0 fully saturated rings. The van der Waals surface area contributed by atoms with Gasteiger partial charge in [-0.25, -0.2) is 4.98 Å². The molecule has 0 aliphatic rings. The number of para-hydroxylation sites is 1. The zero-order chi connectivity index (χ0) is 14.9. The molecule has 2 aromatic heterocycles. The van der Waals surface area contributed by atoms with Crippen LogP contribution in [0.3, 0.4) is 0 Å². The summed E-state index contributed by atoms with van der Waals surface area (Å²) < 4.78 is 5.43. The number of hydrogen-bond donors (Lipinski definition) is 0. The molecule has 0 N–H and O–H groups in total. The molecule has 106 valence electrons. The Morgan fingerprint density at radius 3 is 2.45 bits per heavy atom. The number of hydrogen-bond acceptors (Lipinski definition) is 3. The van der Waals surface area contributed by atoms with Crippen molar-refractivity contribution in [1.82, 2.24) is 10.1 Å². The number of benzene rings is 2. The molecule has 0 saturated heterocycles. The van der Waals surface area contributed by atoms with Gasteiger partial charge in [0.05, 0.1) is 16.8 Å². The first-order valence-electron chi connectivity index (χ1n) is 7.21. The van der Waals surface area contributed by atoms with Crippen molar-refractivity contribution in [2.75, 3.05) is 0 Å². The maximum atomic E-state index is 5.43. The molecular formula is C19H14N2O. The van der Waals surface area contributed by atoms with Crippen LogP contribution in [-0.4, -0.2) is 10.1 Å².